The van der Waals surface area contributed by atoms with Gasteiger partial charge in [-0.25, -0.2) is 0 Å². The normalized spacial score (nSPS) is 47.7. The maximum Gasteiger partial charge on any atom is -0.0261 e. The van der Waals surface area contributed by atoms with Crippen molar-refractivity contribution in [2.45, 2.75) is 86.0 Å². The first-order valence-electron chi connectivity index (χ1n) is 9.34. The lowest BCUT2D eigenvalue weighted by atomic mass is 9.44. The topological polar surface area (TPSA) is 0 Å². The largest absolute Gasteiger partial charge is 0.0625 e. The highest BCUT2D eigenvalue weighted by atomic mass is 14.6. The maximum absolute atomic E-state index is 2.69. The fourth-order valence-corrected chi connectivity index (χ4v) is 6.80. The van der Waals surface area contributed by atoms with E-state index in [-0.39, 0.29) is 0 Å². The van der Waals surface area contributed by atoms with E-state index in [1.54, 1.807) is 6.42 Å². The molecule has 0 radical (unpaired) electrons. The van der Waals surface area contributed by atoms with Crippen molar-refractivity contribution in [2.24, 2.45) is 40.4 Å². The van der Waals surface area contributed by atoms with Gasteiger partial charge >= 0.3 is 0 Å². The third-order valence-electron chi connectivity index (χ3n) is 7.91. The summed E-state index contributed by atoms with van der Waals surface area (Å²) in [5, 5.41) is 0. The molecule has 3 saturated carbocycles. The van der Waals surface area contributed by atoms with Crippen LogP contribution in [0.3, 0.4) is 0 Å². The number of rotatable bonds is 1. The highest BCUT2D eigenvalue weighted by Crippen LogP contribution is 2.64. The van der Waals surface area contributed by atoms with Gasteiger partial charge in [0.1, 0.15) is 0 Å². The molecule has 3 fully saturated rings. The zero-order valence-corrected chi connectivity index (χ0v) is 14.5. The molecule has 5 atom stereocenters. The molecule has 3 aliphatic carbocycles. The molecule has 0 aromatic carbocycles. The predicted octanol–water partition coefficient (Wildman–Crippen LogP) is 6.30. The molecule has 0 unspecified atom stereocenters. The van der Waals surface area contributed by atoms with Crippen LogP contribution in [0.1, 0.15) is 86.0 Å². The molecule has 3 aliphatic rings. The van der Waals surface area contributed by atoms with E-state index in [1.165, 1.54) is 44.9 Å². The second kappa shape index (κ2) is 5.03. The smallest absolute Gasteiger partial charge is 0.0261 e. The molecule has 0 nitrogen and oxygen atoms in total. The molecule has 0 aromatic rings. The Labute approximate surface area is 127 Å². The van der Waals surface area contributed by atoms with Gasteiger partial charge in [-0.1, -0.05) is 41.0 Å². The molecule has 0 saturated heterocycles. The van der Waals surface area contributed by atoms with Crippen LogP contribution in [0, 0.1) is 40.4 Å². The summed E-state index contributed by atoms with van der Waals surface area (Å²) >= 11 is 0. The van der Waals surface area contributed by atoms with Crippen LogP contribution in [0.2, 0.25) is 0 Å². The third-order valence-corrected chi connectivity index (χ3v) is 7.91. The van der Waals surface area contributed by atoms with Crippen LogP contribution in [0.15, 0.2) is 0 Å². The lowest BCUT2D eigenvalue weighted by Crippen LogP contribution is -2.53. The summed E-state index contributed by atoms with van der Waals surface area (Å²) in [6.07, 6.45) is 12.1. The summed E-state index contributed by atoms with van der Waals surface area (Å²) in [6.45, 7) is 12.7. The van der Waals surface area contributed by atoms with Gasteiger partial charge < -0.3 is 0 Å². The van der Waals surface area contributed by atoms with E-state index in [9.17, 15) is 0 Å². The fourth-order valence-electron chi connectivity index (χ4n) is 6.80. The number of hydrogen-bond acceptors (Lipinski definition) is 0. The zero-order chi connectivity index (χ0) is 14.5. The molecule has 3 rings (SSSR count). The van der Waals surface area contributed by atoms with Crippen molar-refractivity contribution in [1.29, 1.82) is 0 Å². The highest BCUT2D eigenvalue weighted by molar-refractivity contribution is 5.04. The van der Waals surface area contributed by atoms with E-state index in [0.29, 0.717) is 10.8 Å². The van der Waals surface area contributed by atoms with Crippen LogP contribution < -0.4 is 0 Å². The molecule has 116 valence electrons. The Balaban J connectivity index is 1.81. The van der Waals surface area contributed by atoms with Gasteiger partial charge in [-0.2, -0.15) is 0 Å². The summed E-state index contributed by atoms with van der Waals surface area (Å²) < 4.78 is 0. The van der Waals surface area contributed by atoms with Crippen LogP contribution in [0.25, 0.3) is 0 Å². The molecule has 0 spiro atoms. The van der Waals surface area contributed by atoms with Crippen molar-refractivity contribution >= 4 is 0 Å². The van der Waals surface area contributed by atoms with Crippen LogP contribution in [0.4, 0.5) is 0 Å². The van der Waals surface area contributed by atoms with Gasteiger partial charge in [0.25, 0.3) is 0 Å². The average molecular weight is 277 g/mol. The summed E-state index contributed by atoms with van der Waals surface area (Å²) in [5.41, 5.74) is 1.28. The zero-order valence-electron chi connectivity index (χ0n) is 14.5. The van der Waals surface area contributed by atoms with Gasteiger partial charge in [0.05, 0.1) is 0 Å². The van der Waals surface area contributed by atoms with Crippen molar-refractivity contribution in [1.82, 2.24) is 0 Å². The molecule has 0 N–H and O–H groups in total. The molecule has 0 aliphatic heterocycles. The van der Waals surface area contributed by atoms with E-state index in [1.807, 2.05) is 0 Å². The molecule has 20 heavy (non-hydrogen) atoms. The Morgan fingerprint density at radius 2 is 1.65 bits per heavy atom. The van der Waals surface area contributed by atoms with Gasteiger partial charge in [-0.3, -0.25) is 0 Å². The second-order valence-corrected chi connectivity index (χ2v) is 9.66. The Morgan fingerprint density at radius 3 is 2.35 bits per heavy atom. The number of hydrogen-bond donors (Lipinski definition) is 0. The minimum atomic E-state index is 0.604. The number of fused-ring (bicyclic) bond motifs is 3. The van der Waals surface area contributed by atoms with Gasteiger partial charge in [-0.15, -0.1) is 0 Å². The molecule has 0 bridgehead atoms. The molecule has 0 amide bonds. The van der Waals surface area contributed by atoms with Crippen LogP contribution >= 0.6 is 0 Å². The fraction of sp³-hybridized carbons (Fsp3) is 1.00. The van der Waals surface area contributed by atoms with Gasteiger partial charge in [-0.05, 0) is 85.4 Å². The van der Waals surface area contributed by atoms with E-state index in [0.717, 1.165) is 29.6 Å². The van der Waals surface area contributed by atoms with Crippen LogP contribution in [-0.2, 0) is 0 Å². The summed E-state index contributed by atoms with van der Waals surface area (Å²) in [4.78, 5) is 0. The first-order chi connectivity index (χ1) is 9.34. The Bertz CT molecular complexity index is 353. The molecule has 0 aromatic heterocycles. The summed E-state index contributed by atoms with van der Waals surface area (Å²) in [6, 6.07) is 0. The van der Waals surface area contributed by atoms with Crippen molar-refractivity contribution in [3.63, 3.8) is 0 Å². The van der Waals surface area contributed by atoms with Crippen molar-refractivity contribution in [3.05, 3.63) is 0 Å². The minimum Gasteiger partial charge on any atom is -0.0625 e. The maximum atomic E-state index is 2.69. The van der Waals surface area contributed by atoms with Crippen molar-refractivity contribution < 1.29 is 0 Å². The Morgan fingerprint density at radius 1 is 0.900 bits per heavy atom. The van der Waals surface area contributed by atoms with Crippen molar-refractivity contribution in [3.8, 4) is 0 Å². The van der Waals surface area contributed by atoms with Crippen LogP contribution in [0.5, 0.6) is 0 Å². The van der Waals surface area contributed by atoms with E-state index in [4.69, 9.17) is 0 Å². The standard InChI is InChI=1S/C20H36/c1-14(2)15-7-9-17-16(13-15)8-10-18-19(3,4)11-6-12-20(17,18)5/h14-18H,6-13H2,1-5H3/t15-,16+,17+,18+,20-/m1/s1. The Kier molecular flexibility index (Phi) is 3.75. The van der Waals surface area contributed by atoms with Gasteiger partial charge in [0.2, 0.25) is 0 Å². The highest BCUT2D eigenvalue weighted by Gasteiger charge is 2.55. The van der Waals surface area contributed by atoms with E-state index < -0.39 is 0 Å². The predicted molar refractivity (Wildman–Crippen MR) is 87.6 cm³/mol. The molecule has 0 heterocycles. The Hall–Kier alpha value is 0. The molecular formula is C20H36. The minimum absolute atomic E-state index is 0.604. The van der Waals surface area contributed by atoms with Crippen molar-refractivity contribution in [2.75, 3.05) is 0 Å². The second-order valence-electron chi connectivity index (χ2n) is 9.66. The van der Waals surface area contributed by atoms with Gasteiger partial charge in [0, 0.05) is 0 Å². The molecule has 0 heteroatoms. The van der Waals surface area contributed by atoms with Crippen LogP contribution in [-0.4, -0.2) is 0 Å². The van der Waals surface area contributed by atoms with E-state index in [2.05, 4.69) is 34.6 Å². The lowest BCUT2D eigenvalue weighted by Gasteiger charge is -2.61. The molecular weight excluding hydrogens is 240 g/mol. The first-order valence-corrected chi connectivity index (χ1v) is 9.34. The first kappa shape index (κ1) is 14.9. The summed E-state index contributed by atoms with van der Waals surface area (Å²) in [5.74, 6) is 5.04. The SMILES string of the molecule is CC(C)[C@@H]1CC[C@H]2[C@@H](CC[C@H]3C(C)(C)CCC[C@]23C)C1. The summed E-state index contributed by atoms with van der Waals surface area (Å²) in [7, 11) is 0. The lowest BCUT2D eigenvalue weighted by molar-refractivity contribution is -0.117. The van der Waals surface area contributed by atoms with E-state index >= 15 is 0 Å². The third kappa shape index (κ3) is 2.26. The van der Waals surface area contributed by atoms with Gasteiger partial charge in [0.15, 0.2) is 0 Å². The monoisotopic (exact) mass is 276 g/mol. The quantitative estimate of drug-likeness (QED) is 0.527. The average Bonchev–Trinajstić information content (AvgIpc) is 2.37.